The van der Waals surface area contributed by atoms with Crippen LogP contribution in [0.15, 0.2) is 18.2 Å². The highest BCUT2D eigenvalue weighted by Crippen LogP contribution is 2.45. The summed E-state index contributed by atoms with van der Waals surface area (Å²) in [5.74, 6) is 0. The zero-order valence-corrected chi connectivity index (χ0v) is 13.8. The first-order chi connectivity index (χ1) is 10.1. The number of piperidine rings is 1. The van der Waals surface area contributed by atoms with Crippen LogP contribution >= 0.6 is 11.6 Å². The topological polar surface area (TPSA) is 29.3 Å². The average molecular weight is 307 g/mol. The lowest BCUT2D eigenvalue weighted by Crippen LogP contribution is -2.41. The Morgan fingerprint density at radius 1 is 1.10 bits per heavy atom. The number of hydrogen-bond acceptors (Lipinski definition) is 2. The molecule has 1 aliphatic carbocycles. The van der Waals surface area contributed by atoms with E-state index in [1.54, 1.807) is 0 Å². The van der Waals surface area contributed by atoms with Crippen LogP contribution in [0.1, 0.15) is 63.5 Å². The summed E-state index contributed by atoms with van der Waals surface area (Å²) in [6.45, 7) is 4.30. The Bertz CT molecular complexity index is 482. The number of hydrogen-bond donors (Lipinski definition) is 1. The molecule has 1 unspecified atom stereocenters. The second kappa shape index (κ2) is 6.18. The highest BCUT2D eigenvalue weighted by Gasteiger charge is 2.35. The van der Waals surface area contributed by atoms with Gasteiger partial charge < -0.3 is 10.6 Å². The van der Waals surface area contributed by atoms with Crippen LogP contribution in [-0.4, -0.2) is 13.1 Å². The van der Waals surface area contributed by atoms with Gasteiger partial charge in [-0.05, 0) is 55.7 Å². The Balaban J connectivity index is 1.69. The normalized spacial score (nSPS) is 23.3. The summed E-state index contributed by atoms with van der Waals surface area (Å²) in [5.41, 5.74) is 8.88. The first kappa shape index (κ1) is 15.2. The maximum absolute atomic E-state index is 6.49. The fourth-order valence-electron chi connectivity index (χ4n) is 4.09. The van der Waals surface area contributed by atoms with E-state index in [4.69, 9.17) is 17.3 Å². The van der Waals surface area contributed by atoms with Crippen molar-refractivity contribution < 1.29 is 0 Å². The minimum atomic E-state index is 0.0448. The van der Waals surface area contributed by atoms with Crippen LogP contribution in [-0.2, 0) is 0 Å². The number of anilines is 1. The summed E-state index contributed by atoms with van der Waals surface area (Å²) in [6.07, 6.45) is 9.86. The van der Waals surface area contributed by atoms with Gasteiger partial charge in [-0.1, -0.05) is 36.9 Å². The average Bonchev–Trinajstić information content (AvgIpc) is 2.49. The minimum absolute atomic E-state index is 0.0448. The van der Waals surface area contributed by atoms with Gasteiger partial charge in [0, 0.05) is 19.1 Å². The monoisotopic (exact) mass is 306 g/mol. The summed E-state index contributed by atoms with van der Waals surface area (Å²) >= 11 is 6.49. The van der Waals surface area contributed by atoms with Gasteiger partial charge in [-0.3, -0.25) is 0 Å². The summed E-state index contributed by atoms with van der Waals surface area (Å²) in [4.78, 5) is 2.47. The zero-order valence-electron chi connectivity index (χ0n) is 13.1. The molecular formula is C18H27ClN2. The maximum atomic E-state index is 6.49. The molecule has 3 heteroatoms. The molecule has 0 radical (unpaired) electrons. The third kappa shape index (κ3) is 3.22. The molecule has 1 aromatic rings. The van der Waals surface area contributed by atoms with Crippen LogP contribution < -0.4 is 10.6 Å². The lowest BCUT2D eigenvalue weighted by molar-refractivity contribution is 0.144. The van der Waals surface area contributed by atoms with Crippen LogP contribution in [0.25, 0.3) is 0 Å². The van der Waals surface area contributed by atoms with Crippen molar-refractivity contribution in [3.63, 3.8) is 0 Å². The largest absolute Gasteiger partial charge is 0.370 e. The molecule has 2 fully saturated rings. The first-order valence-corrected chi connectivity index (χ1v) is 8.77. The molecule has 1 saturated carbocycles. The Kier molecular flexibility index (Phi) is 4.46. The summed E-state index contributed by atoms with van der Waals surface area (Å²) in [5, 5.41) is 0.851. The van der Waals surface area contributed by atoms with Crippen molar-refractivity contribution in [2.45, 2.75) is 57.9 Å². The van der Waals surface area contributed by atoms with Gasteiger partial charge in [0.15, 0.2) is 0 Å². The fraction of sp³-hybridized carbons (Fsp3) is 0.667. The molecule has 0 bridgehead atoms. The number of benzene rings is 1. The van der Waals surface area contributed by atoms with Crippen molar-refractivity contribution in [3.8, 4) is 0 Å². The molecule has 1 heterocycles. The van der Waals surface area contributed by atoms with Gasteiger partial charge in [0.25, 0.3) is 0 Å². The Hall–Kier alpha value is -0.730. The van der Waals surface area contributed by atoms with E-state index < -0.39 is 0 Å². The summed E-state index contributed by atoms with van der Waals surface area (Å²) in [6, 6.07) is 6.35. The zero-order chi connectivity index (χ0) is 14.9. The van der Waals surface area contributed by atoms with Gasteiger partial charge in [0.2, 0.25) is 0 Å². The maximum Gasteiger partial charge on any atom is 0.0642 e. The Labute approximate surface area is 133 Å². The molecule has 0 amide bonds. The molecule has 0 aromatic heterocycles. The predicted octanol–water partition coefficient (Wildman–Crippen LogP) is 4.91. The lowest BCUT2D eigenvalue weighted by atomic mass is 9.68. The van der Waals surface area contributed by atoms with E-state index >= 15 is 0 Å². The predicted molar refractivity (Wildman–Crippen MR) is 91.0 cm³/mol. The second-order valence-electron chi connectivity index (χ2n) is 7.05. The first-order valence-electron chi connectivity index (χ1n) is 8.40. The Morgan fingerprint density at radius 3 is 2.33 bits per heavy atom. The van der Waals surface area contributed by atoms with Crippen LogP contribution in [0.3, 0.4) is 0 Å². The molecule has 116 valence electrons. The minimum Gasteiger partial charge on any atom is -0.370 e. The van der Waals surface area contributed by atoms with E-state index in [-0.39, 0.29) is 6.04 Å². The van der Waals surface area contributed by atoms with Crippen molar-refractivity contribution in [2.24, 2.45) is 11.1 Å². The summed E-state index contributed by atoms with van der Waals surface area (Å²) in [7, 11) is 0. The molecule has 2 nitrogen and oxygen atoms in total. The van der Waals surface area contributed by atoms with Gasteiger partial charge in [-0.25, -0.2) is 0 Å². The molecule has 1 aromatic carbocycles. The highest BCUT2D eigenvalue weighted by atomic mass is 35.5. The van der Waals surface area contributed by atoms with E-state index in [1.165, 1.54) is 50.6 Å². The van der Waals surface area contributed by atoms with Crippen LogP contribution in [0, 0.1) is 5.41 Å². The standard InChI is InChI=1S/C18H27ClN2/c1-14(20)15-5-6-17(16(19)13-15)21-11-9-18(10-12-21)7-3-2-4-8-18/h5-6,13-14H,2-4,7-12,20H2,1H3. The van der Waals surface area contributed by atoms with Crippen LogP contribution in [0.5, 0.6) is 0 Å². The van der Waals surface area contributed by atoms with E-state index in [0.717, 1.165) is 23.7 Å². The smallest absolute Gasteiger partial charge is 0.0642 e. The van der Waals surface area contributed by atoms with Gasteiger partial charge in [0.1, 0.15) is 0 Å². The molecule has 1 saturated heterocycles. The highest BCUT2D eigenvalue weighted by molar-refractivity contribution is 6.33. The van der Waals surface area contributed by atoms with Crippen LogP contribution in [0.4, 0.5) is 5.69 Å². The molecule has 21 heavy (non-hydrogen) atoms. The quantitative estimate of drug-likeness (QED) is 0.841. The van der Waals surface area contributed by atoms with E-state index in [0.29, 0.717) is 5.41 Å². The van der Waals surface area contributed by atoms with Crippen molar-refractivity contribution in [2.75, 3.05) is 18.0 Å². The van der Waals surface area contributed by atoms with Gasteiger partial charge in [0.05, 0.1) is 10.7 Å². The summed E-state index contributed by atoms with van der Waals surface area (Å²) < 4.78 is 0. The van der Waals surface area contributed by atoms with Crippen LogP contribution in [0.2, 0.25) is 5.02 Å². The number of rotatable bonds is 2. The molecule has 1 aliphatic heterocycles. The molecule has 3 rings (SSSR count). The second-order valence-corrected chi connectivity index (χ2v) is 7.45. The third-order valence-electron chi connectivity index (χ3n) is 5.58. The molecular weight excluding hydrogens is 280 g/mol. The molecule has 2 N–H and O–H groups in total. The SMILES string of the molecule is CC(N)c1ccc(N2CCC3(CCCCC3)CC2)c(Cl)c1. The fourth-order valence-corrected chi connectivity index (χ4v) is 4.40. The number of nitrogens with two attached hydrogens (primary N) is 1. The number of nitrogens with zero attached hydrogens (tertiary/aromatic N) is 1. The number of halogens is 1. The van der Waals surface area contributed by atoms with E-state index in [9.17, 15) is 0 Å². The lowest BCUT2D eigenvalue weighted by Gasteiger charge is -2.45. The van der Waals surface area contributed by atoms with Crippen molar-refractivity contribution in [1.29, 1.82) is 0 Å². The van der Waals surface area contributed by atoms with Gasteiger partial charge in [-0.2, -0.15) is 0 Å². The van der Waals surface area contributed by atoms with Crippen molar-refractivity contribution in [1.82, 2.24) is 0 Å². The molecule has 1 atom stereocenters. The Morgan fingerprint density at radius 2 is 1.76 bits per heavy atom. The van der Waals surface area contributed by atoms with Crippen molar-refractivity contribution in [3.05, 3.63) is 28.8 Å². The van der Waals surface area contributed by atoms with Gasteiger partial charge in [-0.15, -0.1) is 0 Å². The van der Waals surface area contributed by atoms with E-state index in [2.05, 4.69) is 17.0 Å². The van der Waals surface area contributed by atoms with Gasteiger partial charge >= 0.3 is 0 Å². The van der Waals surface area contributed by atoms with E-state index in [1.807, 2.05) is 13.0 Å². The molecule has 1 spiro atoms. The molecule has 2 aliphatic rings. The third-order valence-corrected chi connectivity index (χ3v) is 5.88. The van der Waals surface area contributed by atoms with Crippen molar-refractivity contribution >= 4 is 17.3 Å².